The number of carbonyl (C=O) groups excluding carboxylic acids is 1. The number of aryl methyl sites for hydroxylation is 1. The summed E-state index contributed by atoms with van der Waals surface area (Å²) < 4.78 is 7.10. The van der Waals surface area contributed by atoms with Gasteiger partial charge in [0, 0.05) is 0 Å². The van der Waals surface area contributed by atoms with E-state index in [-0.39, 0.29) is 11.1 Å². The van der Waals surface area contributed by atoms with Crippen LogP contribution in [0.4, 0.5) is 5.69 Å². The van der Waals surface area contributed by atoms with Crippen molar-refractivity contribution in [3.8, 4) is 11.4 Å². The van der Waals surface area contributed by atoms with E-state index in [1.54, 1.807) is 23.7 Å². The lowest BCUT2D eigenvalue weighted by Gasteiger charge is -2.11. The van der Waals surface area contributed by atoms with Gasteiger partial charge in [0.2, 0.25) is 0 Å². The Bertz CT molecular complexity index is 891. The van der Waals surface area contributed by atoms with Crippen molar-refractivity contribution in [2.75, 3.05) is 11.9 Å². The fraction of sp³-hybridized carbons (Fsp3) is 0.158. The van der Waals surface area contributed by atoms with Crippen molar-refractivity contribution >= 4 is 23.2 Å². The van der Waals surface area contributed by atoms with Gasteiger partial charge in [0.25, 0.3) is 5.91 Å². The molecule has 5 nitrogen and oxygen atoms in total. The Kier molecular flexibility index (Phi) is 5.05. The Morgan fingerprint density at radius 3 is 2.56 bits per heavy atom. The highest BCUT2D eigenvalue weighted by molar-refractivity contribution is 6.34. The maximum Gasteiger partial charge on any atom is 0.260 e. The number of hydrogen-bond donors (Lipinski definition) is 1. The Balaban J connectivity index is 1.93. The predicted octanol–water partition coefficient (Wildman–Crippen LogP) is 4.49. The van der Waals surface area contributed by atoms with Gasteiger partial charge in [-0.1, -0.05) is 41.9 Å². The maximum atomic E-state index is 12.8. The van der Waals surface area contributed by atoms with Gasteiger partial charge in [0.05, 0.1) is 23.7 Å². The Morgan fingerprint density at radius 2 is 1.84 bits per heavy atom. The minimum Gasteiger partial charge on any atom is -0.492 e. The highest BCUT2D eigenvalue weighted by atomic mass is 35.5. The van der Waals surface area contributed by atoms with E-state index in [0.29, 0.717) is 29.3 Å². The van der Waals surface area contributed by atoms with Crippen molar-refractivity contribution in [3.05, 3.63) is 71.0 Å². The second-order valence-corrected chi connectivity index (χ2v) is 5.74. The number of anilines is 1. The molecule has 3 rings (SSSR count). The molecule has 0 aliphatic carbocycles. The minimum atomic E-state index is -0.322. The Labute approximate surface area is 151 Å². The highest BCUT2D eigenvalue weighted by Gasteiger charge is 2.22. The van der Waals surface area contributed by atoms with Crippen LogP contribution in [0.3, 0.4) is 0 Å². The molecule has 0 atom stereocenters. The lowest BCUT2D eigenvalue weighted by Crippen LogP contribution is -2.14. The lowest BCUT2D eigenvalue weighted by atomic mass is 10.2. The normalized spacial score (nSPS) is 10.5. The van der Waals surface area contributed by atoms with Gasteiger partial charge in [-0.15, -0.1) is 0 Å². The number of benzene rings is 2. The van der Waals surface area contributed by atoms with Crippen LogP contribution in [-0.2, 0) is 0 Å². The molecular weight excluding hydrogens is 338 g/mol. The van der Waals surface area contributed by atoms with Crippen LogP contribution >= 0.6 is 11.6 Å². The van der Waals surface area contributed by atoms with Gasteiger partial charge in [0.1, 0.15) is 16.5 Å². The molecule has 1 heterocycles. The zero-order valence-electron chi connectivity index (χ0n) is 14.0. The molecule has 0 spiro atoms. The third-order valence-electron chi connectivity index (χ3n) is 3.67. The van der Waals surface area contributed by atoms with Gasteiger partial charge in [-0.05, 0) is 38.1 Å². The molecule has 0 aliphatic heterocycles. The zero-order valence-corrected chi connectivity index (χ0v) is 14.7. The van der Waals surface area contributed by atoms with E-state index in [1.807, 2.05) is 49.4 Å². The first kappa shape index (κ1) is 17.0. The van der Waals surface area contributed by atoms with Gasteiger partial charge >= 0.3 is 0 Å². The van der Waals surface area contributed by atoms with Crippen LogP contribution < -0.4 is 10.1 Å². The first-order valence-electron chi connectivity index (χ1n) is 7.95. The largest absolute Gasteiger partial charge is 0.492 e. The molecule has 1 amide bonds. The van der Waals surface area contributed by atoms with Gasteiger partial charge < -0.3 is 10.1 Å². The summed E-state index contributed by atoms with van der Waals surface area (Å²) >= 11 is 6.43. The molecule has 0 unspecified atom stereocenters. The number of nitrogens with zero attached hydrogens (tertiary/aromatic N) is 2. The summed E-state index contributed by atoms with van der Waals surface area (Å²) in [7, 11) is 0. The second-order valence-electron chi connectivity index (χ2n) is 5.38. The number of ether oxygens (including phenoxy) is 1. The molecule has 128 valence electrons. The SMILES string of the molecule is CCOc1ccccc1NC(=O)c1c(C)nn(-c2ccccc2)c1Cl. The molecule has 0 bridgehead atoms. The molecular formula is C19H18ClN3O2. The molecule has 3 aromatic rings. The van der Waals surface area contributed by atoms with E-state index in [4.69, 9.17) is 16.3 Å². The van der Waals surface area contributed by atoms with Crippen LogP contribution in [0.15, 0.2) is 54.6 Å². The summed E-state index contributed by atoms with van der Waals surface area (Å²) in [6.07, 6.45) is 0. The summed E-state index contributed by atoms with van der Waals surface area (Å²) in [4.78, 5) is 12.8. The number of halogens is 1. The number of para-hydroxylation sites is 3. The standard InChI is InChI=1S/C19H18ClN3O2/c1-3-25-16-12-8-7-11-15(16)21-19(24)17-13(2)22-23(18(17)20)14-9-5-4-6-10-14/h4-12H,3H2,1-2H3,(H,21,24). The van der Waals surface area contributed by atoms with E-state index in [2.05, 4.69) is 10.4 Å². The summed E-state index contributed by atoms with van der Waals surface area (Å²) in [5.41, 5.74) is 2.29. The Hall–Kier alpha value is -2.79. The zero-order chi connectivity index (χ0) is 17.8. The first-order valence-corrected chi connectivity index (χ1v) is 8.33. The predicted molar refractivity (Wildman–Crippen MR) is 98.9 cm³/mol. The van der Waals surface area contributed by atoms with Crippen LogP contribution in [0.25, 0.3) is 5.69 Å². The fourth-order valence-electron chi connectivity index (χ4n) is 2.53. The third kappa shape index (κ3) is 3.51. The fourth-order valence-corrected chi connectivity index (χ4v) is 2.89. The molecule has 1 aromatic heterocycles. The summed E-state index contributed by atoms with van der Waals surface area (Å²) in [6, 6.07) is 16.7. The summed E-state index contributed by atoms with van der Waals surface area (Å²) in [5.74, 6) is 0.291. The lowest BCUT2D eigenvalue weighted by molar-refractivity contribution is 0.102. The molecule has 25 heavy (non-hydrogen) atoms. The number of aromatic nitrogens is 2. The molecule has 6 heteroatoms. The summed E-state index contributed by atoms with van der Waals surface area (Å²) in [5, 5.41) is 7.52. The van der Waals surface area contributed by atoms with E-state index in [9.17, 15) is 4.79 Å². The minimum absolute atomic E-state index is 0.273. The molecule has 0 saturated heterocycles. The highest BCUT2D eigenvalue weighted by Crippen LogP contribution is 2.27. The van der Waals surface area contributed by atoms with Gasteiger partial charge in [0.15, 0.2) is 0 Å². The van der Waals surface area contributed by atoms with Gasteiger partial charge in [-0.3, -0.25) is 4.79 Å². The number of amides is 1. The summed E-state index contributed by atoms with van der Waals surface area (Å²) in [6.45, 7) is 4.16. The van der Waals surface area contributed by atoms with Crippen LogP contribution in [0.1, 0.15) is 23.0 Å². The van der Waals surface area contributed by atoms with Crippen molar-refractivity contribution in [2.45, 2.75) is 13.8 Å². The van der Waals surface area contributed by atoms with Crippen molar-refractivity contribution in [3.63, 3.8) is 0 Å². The van der Waals surface area contributed by atoms with Crippen LogP contribution in [0.2, 0.25) is 5.15 Å². The van der Waals surface area contributed by atoms with Crippen LogP contribution in [0, 0.1) is 6.92 Å². The monoisotopic (exact) mass is 355 g/mol. The quantitative estimate of drug-likeness (QED) is 0.733. The number of carbonyl (C=O) groups is 1. The number of rotatable bonds is 5. The van der Waals surface area contributed by atoms with Gasteiger partial charge in [-0.25, -0.2) is 4.68 Å². The van der Waals surface area contributed by atoms with E-state index >= 15 is 0 Å². The van der Waals surface area contributed by atoms with Crippen molar-refractivity contribution in [1.82, 2.24) is 9.78 Å². The first-order chi connectivity index (χ1) is 12.1. The van der Waals surface area contributed by atoms with E-state index in [0.717, 1.165) is 5.69 Å². The topological polar surface area (TPSA) is 56.1 Å². The molecule has 1 N–H and O–H groups in total. The Morgan fingerprint density at radius 1 is 1.16 bits per heavy atom. The van der Waals surface area contributed by atoms with Crippen LogP contribution in [0.5, 0.6) is 5.75 Å². The number of nitrogens with one attached hydrogen (secondary N) is 1. The van der Waals surface area contributed by atoms with Crippen LogP contribution in [-0.4, -0.2) is 22.3 Å². The molecule has 0 radical (unpaired) electrons. The van der Waals surface area contributed by atoms with E-state index in [1.165, 1.54) is 0 Å². The average Bonchev–Trinajstić information content (AvgIpc) is 2.92. The third-order valence-corrected chi connectivity index (χ3v) is 4.02. The molecule has 2 aromatic carbocycles. The van der Waals surface area contributed by atoms with Crippen molar-refractivity contribution in [2.24, 2.45) is 0 Å². The van der Waals surface area contributed by atoms with Gasteiger partial charge in [-0.2, -0.15) is 5.10 Å². The second kappa shape index (κ2) is 7.40. The average molecular weight is 356 g/mol. The molecule has 0 aliphatic rings. The van der Waals surface area contributed by atoms with Crippen molar-refractivity contribution in [1.29, 1.82) is 0 Å². The molecule has 0 fully saturated rings. The van der Waals surface area contributed by atoms with Crippen molar-refractivity contribution < 1.29 is 9.53 Å². The maximum absolute atomic E-state index is 12.8. The smallest absolute Gasteiger partial charge is 0.260 e. The van der Waals surface area contributed by atoms with E-state index < -0.39 is 0 Å². The molecule has 0 saturated carbocycles. The number of hydrogen-bond acceptors (Lipinski definition) is 3.